The summed E-state index contributed by atoms with van der Waals surface area (Å²) in [5.41, 5.74) is 1.53. The third kappa shape index (κ3) is 4.19. The molecule has 0 aliphatic heterocycles. The van der Waals surface area contributed by atoms with Gasteiger partial charge in [-0.3, -0.25) is 0 Å². The minimum absolute atomic E-state index is 0.149. The van der Waals surface area contributed by atoms with Crippen molar-refractivity contribution in [3.63, 3.8) is 0 Å². The third-order valence-electron chi connectivity index (χ3n) is 2.90. The SMILES string of the molecule is C=CC(C)(CNCCC)Cc1ccccc1. The van der Waals surface area contributed by atoms with Gasteiger partial charge in [0.25, 0.3) is 0 Å². The molecule has 0 radical (unpaired) electrons. The van der Waals surface area contributed by atoms with Crippen molar-refractivity contribution in [3.8, 4) is 0 Å². The zero-order valence-electron chi connectivity index (χ0n) is 10.5. The van der Waals surface area contributed by atoms with Crippen molar-refractivity contribution in [2.45, 2.75) is 26.7 Å². The fourth-order valence-electron chi connectivity index (χ4n) is 1.82. The first kappa shape index (κ1) is 13.0. The van der Waals surface area contributed by atoms with Gasteiger partial charge in [0, 0.05) is 12.0 Å². The molecule has 1 aromatic carbocycles. The van der Waals surface area contributed by atoms with E-state index in [1.54, 1.807) is 0 Å². The molecule has 0 heterocycles. The third-order valence-corrected chi connectivity index (χ3v) is 2.90. The summed E-state index contributed by atoms with van der Waals surface area (Å²) in [6.45, 7) is 10.5. The van der Waals surface area contributed by atoms with Crippen molar-refractivity contribution in [1.29, 1.82) is 0 Å². The van der Waals surface area contributed by atoms with Crippen molar-refractivity contribution in [2.24, 2.45) is 5.41 Å². The van der Waals surface area contributed by atoms with Gasteiger partial charge < -0.3 is 5.32 Å². The van der Waals surface area contributed by atoms with Crippen LogP contribution in [0.3, 0.4) is 0 Å². The van der Waals surface area contributed by atoms with Gasteiger partial charge >= 0.3 is 0 Å². The predicted molar refractivity (Wildman–Crippen MR) is 71.6 cm³/mol. The van der Waals surface area contributed by atoms with Crippen LogP contribution < -0.4 is 5.32 Å². The van der Waals surface area contributed by atoms with Crippen LogP contribution in [0.5, 0.6) is 0 Å². The lowest BCUT2D eigenvalue weighted by Crippen LogP contribution is -2.32. The molecule has 0 aromatic heterocycles. The number of benzene rings is 1. The molecular weight excluding hydrogens is 194 g/mol. The lowest BCUT2D eigenvalue weighted by atomic mass is 9.83. The average Bonchev–Trinajstić information content (AvgIpc) is 2.31. The molecule has 0 aliphatic carbocycles. The number of nitrogens with one attached hydrogen (secondary N) is 1. The van der Waals surface area contributed by atoms with E-state index in [2.05, 4.69) is 62.2 Å². The molecule has 1 unspecified atom stereocenters. The van der Waals surface area contributed by atoms with E-state index in [-0.39, 0.29) is 5.41 Å². The second-order valence-electron chi connectivity index (χ2n) is 4.70. The summed E-state index contributed by atoms with van der Waals surface area (Å²) < 4.78 is 0. The molecule has 0 aliphatic rings. The summed E-state index contributed by atoms with van der Waals surface area (Å²) in [6.07, 6.45) is 4.30. The van der Waals surface area contributed by atoms with Crippen molar-refractivity contribution in [1.82, 2.24) is 5.32 Å². The van der Waals surface area contributed by atoms with E-state index < -0.39 is 0 Å². The van der Waals surface area contributed by atoms with Crippen molar-refractivity contribution < 1.29 is 0 Å². The Kier molecular flexibility index (Phi) is 5.27. The molecule has 1 atom stereocenters. The van der Waals surface area contributed by atoms with Gasteiger partial charge in [0.1, 0.15) is 0 Å². The molecule has 1 aromatic rings. The first-order chi connectivity index (χ1) is 7.70. The summed E-state index contributed by atoms with van der Waals surface area (Å²) in [4.78, 5) is 0. The molecule has 0 amide bonds. The topological polar surface area (TPSA) is 12.0 Å². The Morgan fingerprint density at radius 2 is 2.00 bits per heavy atom. The van der Waals surface area contributed by atoms with Gasteiger partial charge in [-0.25, -0.2) is 0 Å². The van der Waals surface area contributed by atoms with E-state index >= 15 is 0 Å². The van der Waals surface area contributed by atoms with Crippen molar-refractivity contribution in [3.05, 3.63) is 48.6 Å². The van der Waals surface area contributed by atoms with Gasteiger partial charge in [-0.1, -0.05) is 50.3 Å². The summed E-state index contributed by atoms with van der Waals surface area (Å²) >= 11 is 0. The van der Waals surface area contributed by atoms with Crippen molar-refractivity contribution in [2.75, 3.05) is 13.1 Å². The molecule has 1 nitrogen and oxygen atoms in total. The van der Waals surface area contributed by atoms with Crippen LogP contribution in [-0.4, -0.2) is 13.1 Å². The van der Waals surface area contributed by atoms with Crippen LogP contribution in [0, 0.1) is 5.41 Å². The maximum atomic E-state index is 3.97. The van der Waals surface area contributed by atoms with Crippen LogP contribution in [0.4, 0.5) is 0 Å². The summed E-state index contributed by atoms with van der Waals surface area (Å²) in [7, 11) is 0. The fraction of sp³-hybridized carbons (Fsp3) is 0.467. The Balaban J connectivity index is 2.56. The highest BCUT2D eigenvalue weighted by Crippen LogP contribution is 2.22. The largest absolute Gasteiger partial charge is 0.316 e. The highest BCUT2D eigenvalue weighted by atomic mass is 14.9. The number of rotatable bonds is 7. The van der Waals surface area contributed by atoms with E-state index in [0.717, 1.165) is 19.5 Å². The quantitative estimate of drug-likeness (QED) is 0.545. The standard InChI is InChI=1S/C15H23N/c1-4-11-16-13-15(3,5-2)12-14-9-7-6-8-10-14/h5-10,16H,2,4,11-13H2,1,3H3. The van der Waals surface area contributed by atoms with Gasteiger partial charge in [0.15, 0.2) is 0 Å². The molecule has 0 fully saturated rings. The Bertz CT molecular complexity index is 304. The van der Waals surface area contributed by atoms with E-state index in [0.29, 0.717) is 0 Å². The molecule has 88 valence electrons. The van der Waals surface area contributed by atoms with Gasteiger partial charge in [0.2, 0.25) is 0 Å². The molecule has 0 bridgehead atoms. The van der Waals surface area contributed by atoms with Crippen LogP contribution in [0.2, 0.25) is 0 Å². The molecule has 0 saturated carbocycles. The number of hydrogen-bond acceptors (Lipinski definition) is 1. The van der Waals surface area contributed by atoms with Gasteiger partial charge in [0.05, 0.1) is 0 Å². The molecule has 0 saturated heterocycles. The first-order valence-electron chi connectivity index (χ1n) is 6.08. The lowest BCUT2D eigenvalue weighted by Gasteiger charge is -2.26. The van der Waals surface area contributed by atoms with Gasteiger partial charge in [-0.15, -0.1) is 6.58 Å². The lowest BCUT2D eigenvalue weighted by molar-refractivity contribution is 0.391. The monoisotopic (exact) mass is 217 g/mol. The molecular formula is C15H23N. The van der Waals surface area contributed by atoms with Gasteiger partial charge in [-0.2, -0.15) is 0 Å². The minimum atomic E-state index is 0.149. The van der Waals surface area contributed by atoms with E-state index in [1.165, 1.54) is 12.0 Å². The Morgan fingerprint density at radius 3 is 2.56 bits per heavy atom. The minimum Gasteiger partial charge on any atom is -0.316 e. The summed E-state index contributed by atoms with van der Waals surface area (Å²) in [5, 5.41) is 3.48. The smallest absolute Gasteiger partial charge is 0.00430 e. The second-order valence-corrected chi connectivity index (χ2v) is 4.70. The zero-order chi connectivity index (χ0) is 11.9. The Labute approximate surface area is 99.6 Å². The Morgan fingerprint density at radius 1 is 1.31 bits per heavy atom. The molecule has 1 heteroatoms. The highest BCUT2D eigenvalue weighted by molar-refractivity contribution is 5.18. The van der Waals surface area contributed by atoms with Crippen LogP contribution in [0.25, 0.3) is 0 Å². The predicted octanol–water partition coefficient (Wildman–Crippen LogP) is 3.42. The van der Waals surface area contributed by atoms with E-state index in [9.17, 15) is 0 Å². The van der Waals surface area contributed by atoms with Crippen molar-refractivity contribution >= 4 is 0 Å². The van der Waals surface area contributed by atoms with E-state index in [1.807, 2.05) is 0 Å². The molecule has 1 N–H and O–H groups in total. The molecule has 1 rings (SSSR count). The highest BCUT2D eigenvalue weighted by Gasteiger charge is 2.19. The summed E-state index contributed by atoms with van der Waals surface area (Å²) in [5.74, 6) is 0. The normalized spacial score (nSPS) is 14.4. The van der Waals surface area contributed by atoms with Crippen LogP contribution >= 0.6 is 0 Å². The summed E-state index contributed by atoms with van der Waals surface area (Å²) in [6, 6.07) is 10.6. The molecule has 16 heavy (non-hydrogen) atoms. The first-order valence-corrected chi connectivity index (χ1v) is 6.08. The Hall–Kier alpha value is -1.08. The van der Waals surface area contributed by atoms with Crippen LogP contribution in [0.15, 0.2) is 43.0 Å². The van der Waals surface area contributed by atoms with Crippen LogP contribution in [-0.2, 0) is 6.42 Å². The zero-order valence-corrected chi connectivity index (χ0v) is 10.5. The average molecular weight is 217 g/mol. The number of hydrogen-bond donors (Lipinski definition) is 1. The van der Waals surface area contributed by atoms with Crippen LogP contribution in [0.1, 0.15) is 25.8 Å². The fourth-order valence-corrected chi connectivity index (χ4v) is 1.82. The van der Waals surface area contributed by atoms with Gasteiger partial charge in [-0.05, 0) is 24.9 Å². The maximum absolute atomic E-state index is 3.97. The maximum Gasteiger partial charge on any atom is 0.00430 e. The van der Waals surface area contributed by atoms with E-state index in [4.69, 9.17) is 0 Å². The second kappa shape index (κ2) is 6.49. The molecule has 0 spiro atoms.